The third-order valence-corrected chi connectivity index (χ3v) is 2.80. The van der Waals surface area contributed by atoms with Crippen LogP contribution in [0.1, 0.15) is 0 Å². The van der Waals surface area contributed by atoms with E-state index in [0.717, 1.165) is 16.8 Å². The lowest BCUT2D eigenvalue weighted by atomic mass is 10.1. The average molecular weight is 281 g/mol. The molecule has 0 aliphatic rings. The second kappa shape index (κ2) is 5.85. The van der Waals surface area contributed by atoms with Crippen LogP contribution in [0.2, 0.25) is 10.3 Å². The Hall–Kier alpha value is -1.58. The lowest BCUT2D eigenvalue weighted by Gasteiger charge is -2.07. The van der Waals surface area contributed by atoms with Crippen LogP contribution in [0.15, 0.2) is 41.4 Å². The van der Waals surface area contributed by atoms with E-state index in [4.69, 9.17) is 27.9 Å². The molecule has 18 heavy (non-hydrogen) atoms. The standard InChI is InChI=1S/C13H10Cl2N2O/c1-18-8-16-11-5-3-2-4-9(11)10-6-7-12(14)17-13(10)15/h2-8H,1H3. The number of hydrogen-bond acceptors (Lipinski definition) is 3. The predicted molar refractivity (Wildman–Crippen MR) is 74.9 cm³/mol. The molecular formula is C13H10Cl2N2O. The molecule has 0 aliphatic carbocycles. The SMILES string of the molecule is COC=Nc1ccccc1-c1ccc(Cl)nc1Cl. The van der Waals surface area contributed by atoms with Gasteiger partial charge in [-0.3, -0.25) is 0 Å². The monoisotopic (exact) mass is 280 g/mol. The van der Waals surface area contributed by atoms with Gasteiger partial charge in [-0.05, 0) is 18.2 Å². The van der Waals surface area contributed by atoms with Crippen LogP contribution >= 0.6 is 23.2 Å². The average Bonchev–Trinajstić information content (AvgIpc) is 2.37. The highest BCUT2D eigenvalue weighted by Crippen LogP contribution is 2.34. The molecule has 5 heteroatoms. The van der Waals surface area contributed by atoms with Gasteiger partial charge in [0.1, 0.15) is 10.3 Å². The Morgan fingerprint density at radius 2 is 1.89 bits per heavy atom. The smallest absolute Gasteiger partial charge is 0.174 e. The lowest BCUT2D eigenvalue weighted by Crippen LogP contribution is -1.85. The summed E-state index contributed by atoms with van der Waals surface area (Å²) >= 11 is 11.9. The molecule has 2 aromatic rings. The Balaban J connectivity index is 2.53. The topological polar surface area (TPSA) is 34.5 Å². The molecule has 1 aromatic heterocycles. The number of pyridine rings is 1. The van der Waals surface area contributed by atoms with Crippen molar-refractivity contribution in [3.05, 3.63) is 46.7 Å². The maximum Gasteiger partial charge on any atom is 0.174 e. The van der Waals surface area contributed by atoms with Crippen molar-refractivity contribution in [2.24, 2.45) is 4.99 Å². The summed E-state index contributed by atoms with van der Waals surface area (Å²) < 4.78 is 4.82. The van der Waals surface area contributed by atoms with Crippen molar-refractivity contribution in [3.8, 4) is 11.1 Å². The van der Waals surface area contributed by atoms with Crippen LogP contribution in [0.25, 0.3) is 11.1 Å². The normalized spacial score (nSPS) is 10.8. The van der Waals surface area contributed by atoms with Crippen LogP contribution in [-0.4, -0.2) is 18.5 Å². The molecule has 92 valence electrons. The fourth-order valence-electron chi connectivity index (χ4n) is 1.54. The van der Waals surface area contributed by atoms with Gasteiger partial charge in [0.05, 0.1) is 12.8 Å². The van der Waals surface area contributed by atoms with Crippen LogP contribution in [0.3, 0.4) is 0 Å². The number of benzene rings is 1. The molecule has 1 aromatic carbocycles. The highest BCUT2D eigenvalue weighted by molar-refractivity contribution is 6.34. The minimum Gasteiger partial charge on any atom is -0.486 e. The number of hydrogen-bond donors (Lipinski definition) is 0. The number of para-hydroxylation sites is 1. The molecule has 1 heterocycles. The van der Waals surface area contributed by atoms with E-state index in [-0.39, 0.29) is 0 Å². The third-order valence-electron chi connectivity index (χ3n) is 2.31. The van der Waals surface area contributed by atoms with Crippen molar-refractivity contribution >= 4 is 35.3 Å². The number of aromatic nitrogens is 1. The van der Waals surface area contributed by atoms with E-state index >= 15 is 0 Å². The molecular weight excluding hydrogens is 271 g/mol. The van der Waals surface area contributed by atoms with E-state index in [1.807, 2.05) is 30.3 Å². The Morgan fingerprint density at radius 1 is 1.11 bits per heavy atom. The molecule has 0 aliphatic heterocycles. The molecule has 0 bridgehead atoms. The molecule has 0 saturated carbocycles. The number of halogens is 2. The van der Waals surface area contributed by atoms with Crippen LogP contribution in [-0.2, 0) is 4.74 Å². The van der Waals surface area contributed by atoms with Gasteiger partial charge in [-0.15, -0.1) is 0 Å². The predicted octanol–water partition coefficient (Wildman–Crippen LogP) is 4.36. The van der Waals surface area contributed by atoms with Gasteiger partial charge in [-0.1, -0.05) is 41.4 Å². The molecule has 0 unspecified atom stereocenters. The summed E-state index contributed by atoms with van der Waals surface area (Å²) in [7, 11) is 1.54. The molecule has 0 N–H and O–H groups in total. The molecule has 0 radical (unpaired) electrons. The van der Waals surface area contributed by atoms with Crippen molar-refractivity contribution in [1.82, 2.24) is 4.98 Å². The van der Waals surface area contributed by atoms with E-state index in [2.05, 4.69) is 9.98 Å². The number of aliphatic imine (C=N–C) groups is 1. The van der Waals surface area contributed by atoms with E-state index < -0.39 is 0 Å². The molecule has 2 rings (SSSR count). The Bertz CT molecular complexity index is 585. The van der Waals surface area contributed by atoms with Crippen LogP contribution < -0.4 is 0 Å². The van der Waals surface area contributed by atoms with Crippen molar-refractivity contribution < 1.29 is 4.74 Å². The van der Waals surface area contributed by atoms with Gasteiger partial charge in [-0.2, -0.15) is 0 Å². The summed E-state index contributed by atoms with van der Waals surface area (Å²) in [5, 5.41) is 0.712. The van der Waals surface area contributed by atoms with E-state index in [9.17, 15) is 0 Å². The van der Waals surface area contributed by atoms with Crippen LogP contribution in [0, 0.1) is 0 Å². The van der Waals surface area contributed by atoms with E-state index in [1.165, 1.54) is 6.40 Å². The number of ether oxygens (including phenoxy) is 1. The second-order valence-electron chi connectivity index (χ2n) is 3.46. The maximum atomic E-state index is 6.09. The van der Waals surface area contributed by atoms with Gasteiger partial charge < -0.3 is 4.74 Å². The highest BCUT2D eigenvalue weighted by atomic mass is 35.5. The van der Waals surface area contributed by atoms with Crippen LogP contribution in [0.4, 0.5) is 5.69 Å². The summed E-state index contributed by atoms with van der Waals surface area (Å²) in [6.45, 7) is 0. The number of nitrogens with zero attached hydrogens (tertiary/aromatic N) is 2. The summed E-state index contributed by atoms with van der Waals surface area (Å²) in [6, 6.07) is 11.1. The molecule has 3 nitrogen and oxygen atoms in total. The minimum absolute atomic E-state index is 0.350. The third kappa shape index (κ3) is 2.81. The maximum absolute atomic E-state index is 6.09. The zero-order chi connectivity index (χ0) is 13.0. The fourth-order valence-corrected chi connectivity index (χ4v) is 1.98. The van der Waals surface area contributed by atoms with Gasteiger partial charge in [0.25, 0.3) is 0 Å². The lowest BCUT2D eigenvalue weighted by molar-refractivity contribution is 0.423. The van der Waals surface area contributed by atoms with Crippen molar-refractivity contribution in [2.45, 2.75) is 0 Å². The van der Waals surface area contributed by atoms with Gasteiger partial charge in [0, 0.05) is 11.1 Å². The zero-order valence-corrected chi connectivity index (χ0v) is 11.1. The van der Waals surface area contributed by atoms with E-state index in [1.54, 1.807) is 13.2 Å². The first-order valence-corrected chi connectivity index (χ1v) is 5.94. The first-order chi connectivity index (χ1) is 8.72. The van der Waals surface area contributed by atoms with Crippen molar-refractivity contribution in [2.75, 3.05) is 7.11 Å². The Morgan fingerprint density at radius 3 is 2.61 bits per heavy atom. The van der Waals surface area contributed by atoms with Gasteiger partial charge >= 0.3 is 0 Å². The van der Waals surface area contributed by atoms with Gasteiger partial charge in [0.2, 0.25) is 0 Å². The van der Waals surface area contributed by atoms with Crippen molar-refractivity contribution in [3.63, 3.8) is 0 Å². The highest BCUT2D eigenvalue weighted by Gasteiger charge is 2.09. The first-order valence-electron chi connectivity index (χ1n) is 5.19. The molecule has 0 atom stereocenters. The van der Waals surface area contributed by atoms with Crippen molar-refractivity contribution in [1.29, 1.82) is 0 Å². The first kappa shape index (κ1) is 12.9. The van der Waals surface area contributed by atoms with Gasteiger partial charge in [0.15, 0.2) is 6.40 Å². The van der Waals surface area contributed by atoms with Gasteiger partial charge in [-0.25, -0.2) is 9.98 Å². The number of rotatable bonds is 3. The minimum atomic E-state index is 0.350. The summed E-state index contributed by atoms with van der Waals surface area (Å²) in [5.74, 6) is 0. The fraction of sp³-hybridized carbons (Fsp3) is 0.0769. The quantitative estimate of drug-likeness (QED) is 0.476. The molecule has 0 spiro atoms. The van der Waals surface area contributed by atoms with E-state index in [0.29, 0.717) is 10.3 Å². The summed E-state index contributed by atoms with van der Waals surface area (Å²) in [4.78, 5) is 8.22. The number of methoxy groups -OCH3 is 1. The molecule has 0 fully saturated rings. The largest absolute Gasteiger partial charge is 0.486 e. The summed E-state index contributed by atoms with van der Waals surface area (Å²) in [6.07, 6.45) is 1.37. The Labute approximate surface area is 115 Å². The Kier molecular flexibility index (Phi) is 4.18. The second-order valence-corrected chi connectivity index (χ2v) is 4.20. The van der Waals surface area contributed by atoms with Crippen LogP contribution in [0.5, 0.6) is 0 Å². The summed E-state index contributed by atoms with van der Waals surface area (Å²) in [5.41, 5.74) is 2.41. The molecule has 0 amide bonds. The zero-order valence-electron chi connectivity index (χ0n) is 9.60. The molecule has 0 saturated heterocycles.